The third-order valence-electron chi connectivity index (χ3n) is 3.44. The molecule has 2 rings (SSSR count). The van der Waals surface area contributed by atoms with E-state index in [1.54, 1.807) is 19.2 Å². The topological polar surface area (TPSA) is 63.7 Å². The molecule has 0 N–H and O–H groups in total. The smallest absolute Gasteiger partial charge is 0.269 e. The van der Waals surface area contributed by atoms with Crippen molar-refractivity contribution in [2.45, 2.75) is 30.8 Å². The number of carbonyl (C=O) groups excluding carboxylic acids is 1. The van der Waals surface area contributed by atoms with E-state index >= 15 is 0 Å². The molecule has 5 nitrogen and oxygen atoms in total. The van der Waals surface area contributed by atoms with E-state index in [9.17, 15) is 13.2 Å². The molecule has 1 aromatic carbocycles. The van der Waals surface area contributed by atoms with Crippen LogP contribution in [0.25, 0.3) is 0 Å². The number of amides is 1. The highest BCUT2D eigenvalue weighted by Crippen LogP contribution is 2.32. The first-order valence-corrected chi connectivity index (χ1v) is 8.63. The Morgan fingerprint density at radius 2 is 2.00 bits per heavy atom. The van der Waals surface area contributed by atoms with Crippen molar-refractivity contribution in [3.05, 3.63) is 27.3 Å². The van der Waals surface area contributed by atoms with Crippen LogP contribution in [0.5, 0.6) is 0 Å². The third-order valence-corrected chi connectivity index (χ3v) is 5.95. The predicted octanol–water partition coefficient (Wildman–Crippen LogP) is 2.25. The Morgan fingerprint density at radius 3 is 2.60 bits per heavy atom. The van der Waals surface area contributed by atoms with Gasteiger partial charge in [0, 0.05) is 17.2 Å². The molecule has 0 aromatic heterocycles. The molecule has 0 spiro atoms. The number of benzene rings is 1. The maximum Gasteiger partial charge on any atom is 0.269 e. The lowest BCUT2D eigenvalue weighted by Gasteiger charge is -2.25. The van der Waals surface area contributed by atoms with Crippen LogP contribution < -0.4 is 0 Å². The molecule has 1 aliphatic heterocycles. The Hall–Kier alpha value is -0.670. The second-order valence-electron chi connectivity index (χ2n) is 5.24. The summed E-state index contributed by atoms with van der Waals surface area (Å²) in [4.78, 5) is 12.4. The second kappa shape index (κ2) is 5.27. The molecule has 0 saturated carbocycles. The van der Waals surface area contributed by atoms with E-state index in [1.807, 2.05) is 13.8 Å². The van der Waals surface area contributed by atoms with Crippen LogP contribution >= 0.6 is 22.6 Å². The average Bonchev–Trinajstić information content (AvgIpc) is 2.55. The molecule has 7 heteroatoms. The van der Waals surface area contributed by atoms with Gasteiger partial charge in [-0.05, 0) is 61.1 Å². The molecule has 1 aromatic rings. The Labute approximate surface area is 132 Å². The maximum atomic E-state index is 12.4. The van der Waals surface area contributed by atoms with Crippen LogP contribution in [0.3, 0.4) is 0 Å². The lowest BCUT2D eigenvalue weighted by atomic mass is 10.1. The first-order valence-electron chi connectivity index (χ1n) is 6.11. The monoisotopic (exact) mass is 409 g/mol. The van der Waals surface area contributed by atoms with Crippen molar-refractivity contribution in [2.24, 2.45) is 0 Å². The summed E-state index contributed by atoms with van der Waals surface area (Å²) in [6.07, 6.45) is 0.444. The number of hydrogen-bond donors (Lipinski definition) is 0. The Bertz CT molecular complexity index is 654. The lowest BCUT2D eigenvalue weighted by molar-refractivity contribution is 0.0125. The van der Waals surface area contributed by atoms with Gasteiger partial charge < -0.3 is 4.74 Å². The fourth-order valence-corrected chi connectivity index (χ4v) is 3.99. The lowest BCUT2D eigenvalue weighted by Crippen LogP contribution is -2.35. The minimum Gasteiger partial charge on any atom is -0.379 e. The quantitative estimate of drug-likeness (QED) is 0.716. The van der Waals surface area contributed by atoms with Crippen molar-refractivity contribution in [1.82, 2.24) is 4.31 Å². The summed E-state index contributed by atoms with van der Waals surface area (Å²) < 4.78 is 31.8. The molecule has 20 heavy (non-hydrogen) atoms. The minimum atomic E-state index is -3.72. The summed E-state index contributed by atoms with van der Waals surface area (Å²) in [6.45, 7) is 3.83. The predicted molar refractivity (Wildman–Crippen MR) is 83.1 cm³/mol. The van der Waals surface area contributed by atoms with Gasteiger partial charge in [-0.2, -0.15) is 0 Å². The van der Waals surface area contributed by atoms with E-state index in [0.29, 0.717) is 6.42 Å². The summed E-state index contributed by atoms with van der Waals surface area (Å²) in [5, 5.41) is 0. The zero-order valence-electron chi connectivity index (χ0n) is 11.5. The van der Waals surface area contributed by atoms with E-state index in [4.69, 9.17) is 4.74 Å². The normalized spacial score (nSPS) is 17.4. The number of ether oxygens (including phenoxy) is 1. The molecule has 0 radical (unpaired) electrons. The minimum absolute atomic E-state index is 0.0955. The largest absolute Gasteiger partial charge is 0.379 e. The van der Waals surface area contributed by atoms with Crippen LogP contribution in [0.15, 0.2) is 23.1 Å². The standard InChI is InChI=1S/C13H16INO4S/c1-13(2,19-3)6-7-15-12(16)10-8-9(14)4-5-11(10)20(15,17)18/h4-5,8H,6-7H2,1-3H3. The summed E-state index contributed by atoms with van der Waals surface area (Å²) in [6, 6.07) is 4.79. The fourth-order valence-electron chi connectivity index (χ4n) is 1.95. The number of hydrogen-bond acceptors (Lipinski definition) is 4. The number of carbonyl (C=O) groups is 1. The van der Waals surface area contributed by atoms with E-state index in [-0.39, 0.29) is 17.0 Å². The number of fused-ring (bicyclic) bond motifs is 1. The van der Waals surface area contributed by atoms with Crippen LogP contribution in [-0.2, 0) is 14.8 Å². The molecular formula is C13H16INO4S. The van der Waals surface area contributed by atoms with Gasteiger partial charge in [-0.1, -0.05) is 0 Å². The molecule has 0 unspecified atom stereocenters. The first-order chi connectivity index (χ1) is 9.19. The Kier molecular flexibility index (Phi) is 4.14. The molecule has 1 heterocycles. The first kappa shape index (κ1) is 15.7. The molecule has 0 saturated heterocycles. The highest BCUT2D eigenvalue weighted by molar-refractivity contribution is 14.1. The Balaban J connectivity index is 2.33. The number of methoxy groups -OCH3 is 1. The second-order valence-corrected chi connectivity index (χ2v) is 8.31. The van der Waals surface area contributed by atoms with Crippen LogP contribution in [0.1, 0.15) is 30.6 Å². The molecule has 1 amide bonds. The van der Waals surface area contributed by atoms with Crippen LogP contribution in [0.4, 0.5) is 0 Å². The third kappa shape index (κ3) is 2.71. The van der Waals surface area contributed by atoms with Gasteiger partial charge in [0.05, 0.1) is 11.2 Å². The van der Waals surface area contributed by atoms with Crippen LogP contribution in [0.2, 0.25) is 0 Å². The summed E-state index contributed by atoms with van der Waals surface area (Å²) >= 11 is 2.06. The van der Waals surface area contributed by atoms with E-state index < -0.39 is 21.5 Å². The van der Waals surface area contributed by atoms with Gasteiger partial charge in [-0.15, -0.1) is 0 Å². The molecule has 0 atom stereocenters. The van der Waals surface area contributed by atoms with Gasteiger partial charge in [-0.25, -0.2) is 12.7 Å². The van der Waals surface area contributed by atoms with Crippen LogP contribution in [0, 0.1) is 3.57 Å². The highest BCUT2D eigenvalue weighted by atomic mass is 127. The zero-order chi connectivity index (χ0) is 15.1. The van der Waals surface area contributed by atoms with Gasteiger partial charge in [0.1, 0.15) is 4.90 Å². The molecule has 0 fully saturated rings. The molecule has 1 aliphatic rings. The van der Waals surface area contributed by atoms with E-state index in [0.717, 1.165) is 7.88 Å². The number of nitrogens with zero attached hydrogens (tertiary/aromatic N) is 1. The van der Waals surface area contributed by atoms with E-state index in [2.05, 4.69) is 22.6 Å². The number of sulfonamides is 1. The molecular weight excluding hydrogens is 393 g/mol. The van der Waals surface area contributed by atoms with Crippen molar-refractivity contribution in [3.8, 4) is 0 Å². The van der Waals surface area contributed by atoms with E-state index in [1.165, 1.54) is 6.07 Å². The number of halogens is 1. The fraction of sp³-hybridized carbons (Fsp3) is 0.462. The summed E-state index contributed by atoms with van der Waals surface area (Å²) in [7, 11) is -2.15. The van der Waals surface area contributed by atoms with Crippen molar-refractivity contribution < 1.29 is 17.9 Å². The van der Waals surface area contributed by atoms with Crippen LogP contribution in [-0.4, -0.2) is 37.9 Å². The van der Waals surface area contributed by atoms with Gasteiger partial charge in [-0.3, -0.25) is 4.79 Å². The highest BCUT2D eigenvalue weighted by Gasteiger charge is 2.41. The van der Waals surface area contributed by atoms with Crippen molar-refractivity contribution >= 4 is 38.5 Å². The van der Waals surface area contributed by atoms with Crippen molar-refractivity contribution in [2.75, 3.05) is 13.7 Å². The summed E-state index contributed by atoms with van der Waals surface area (Å²) in [5.41, 5.74) is -0.217. The average molecular weight is 409 g/mol. The van der Waals surface area contributed by atoms with Gasteiger partial charge >= 0.3 is 0 Å². The molecule has 0 aliphatic carbocycles. The van der Waals surface area contributed by atoms with Gasteiger partial charge in [0.25, 0.3) is 15.9 Å². The van der Waals surface area contributed by atoms with Gasteiger partial charge in [0.2, 0.25) is 0 Å². The number of rotatable bonds is 4. The molecule has 0 bridgehead atoms. The van der Waals surface area contributed by atoms with Crippen molar-refractivity contribution in [1.29, 1.82) is 0 Å². The van der Waals surface area contributed by atoms with Crippen molar-refractivity contribution in [3.63, 3.8) is 0 Å². The Morgan fingerprint density at radius 1 is 1.35 bits per heavy atom. The summed E-state index contributed by atoms with van der Waals surface area (Å²) in [5.74, 6) is -0.453. The zero-order valence-corrected chi connectivity index (χ0v) is 14.5. The van der Waals surface area contributed by atoms with Gasteiger partial charge in [0.15, 0.2) is 0 Å². The maximum absolute atomic E-state index is 12.4. The SMILES string of the molecule is COC(C)(C)CCN1C(=O)c2cc(I)ccc2S1(=O)=O. The molecule has 110 valence electrons.